The molecule has 0 radical (unpaired) electrons. The summed E-state index contributed by atoms with van der Waals surface area (Å²) in [6.07, 6.45) is 3.67. The molecule has 0 aliphatic rings. The first-order valence-corrected chi connectivity index (χ1v) is 5.02. The first-order valence-electron chi connectivity index (χ1n) is 5.02. The van der Waals surface area contributed by atoms with Gasteiger partial charge in [-0.2, -0.15) is 10.2 Å². The van der Waals surface area contributed by atoms with E-state index in [4.69, 9.17) is 5.11 Å². The largest absolute Gasteiger partial charge is 0.481 e. The van der Waals surface area contributed by atoms with E-state index >= 15 is 0 Å². The van der Waals surface area contributed by atoms with Gasteiger partial charge in [-0.05, 0) is 22.9 Å². The standard InChI is InChI=1S/C9H10N6O2/c16-8(17)2-1-5-15-9(12-13-14-15)7-3-4-10-11-6-7/h3-4,6H,1-2,5H2,(H,16,17). The second-order valence-electron chi connectivity index (χ2n) is 3.35. The van der Waals surface area contributed by atoms with Crippen molar-refractivity contribution >= 4 is 5.97 Å². The molecule has 2 aromatic rings. The SMILES string of the molecule is O=C(O)CCCn1nnnc1-c1ccnnc1. The zero-order chi connectivity index (χ0) is 12.1. The molecular weight excluding hydrogens is 224 g/mol. The Morgan fingerprint density at radius 3 is 3.00 bits per heavy atom. The second kappa shape index (κ2) is 5.10. The molecular formula is C9H10N6O2. The number of aryl methyl sites for hydroxylation is 1. The van der Waals surface area contributed by atoms with Crippen LogP contribution in [0.15, 0.2) is 18.5 Å². The number of aromatic nitrogens is 6. The fourth-order valence-electron chi connectivity index (χ4n) is 1.37. The van der Waals surface area contributed by atoms with Crippen LogP contribution >= 0.6 is 0 Å². The number of rotatable bonds is 5. The Morgan fingerprint density at radius 2 is 2.29 bits per heavy atom. The molecule has 0 unspecified atom stereocenters. The van der Waals surface area contributed by atoms with Gasteiger partial charge in [0.2, 0.25) is 0 Å². The first-order chi connectivity index (χ1) is 8.27. The van der Waals surface area contributed by atoms with Crippen LogP contribution in [0.5, 0.6) is 0 Å². The van der Waals surface area contributed by atoms with E-state index < -0.39 is 5.97 Å². The minimum absolute atomic E-state index is 0.0912. The van der Waals surface area contributed by atoms with Crippen LogP contribution in [-0.4, -0.2) is 41.5 Å². The number of hydrogen-bond donors (Lipinski definition) is 1. The summed E-state index contributed by atoms with van der Waals surface area (Å²) >= 11 is 0. The summed E-state index contributed by atoms with van der Waals surface area (Å²) < 4.78 is 1.56. The molecule has 0 bridgehead atoms. The molecule has 0 aromatic carbocycles. The molecule has 0 amide bonds. The van der Waals surface area contributed by atoms with Crippen LogP contribution < -0.4 is 0 Å². The zero-order valence-electron chi connectivity index (χ0n) is 8.89. The van der Waals surface area contributed by atoms with Crippen LogP contribution in [0.25, 0.3) is 11.4 Å². The molecule has 0 aliphatic carbocycles. The molecule has 88 valence electrons. The van der Waals surface area contributed by atoms with E-state index in [1.54, 1.807) is 23.1 Å². The van der Waals surface area contributed by atoms with Crippen molar-refractivity contribution in [3.63, 3.8) is 0 Å². The van der Waals surface area contributed by atoms with Crippen molar-refractivity contribution in [3.8, 4) is 11.4 Å². The Bertz CT molecular complexity index is 497. The lowest BCUT2D eigenvalue weighted by Crippen LogP contribution is -2.05. The highest BCUT2D eigenvalue weighted by atomic mass is 16.4. The zero-order valence-corrected chi connectivity index (χ0v) is 8.89. The van der Waals surface area contributed by atoms with Gasteiger partial charge >= 0.3 is 5.97 Å². The van der Waals surface area contributed by atoms with Gasteiger partial charge in [0.05, 0.1) is 12.4 Å². The fourth-order valence-corrected chi connectivity index (χ4v) is 1.37. The van der Waals surface area contributed by atoms with E-state index in [9.17, 15) is 4.79 Å². The maximum Gasteiger partial charge on any atom is 0.303 e. The van der Waals surface area contributed by atoms with E-state index in [-0.39, 0.29) is 6.42 Å². The van der Waals surface area contributed by atoms with Crippen molar-refractivity contribution in [2.75, 3.05) is 0 Å². The Kier molecular flexibility index (Phi) is 3.34. The molecule has 0 spiro atoms. The smallest absolute Gasteiger partial charge is 0.303 e. The number of nitrogens with zero attached hydrogens (tertiary/aromatic N) is 6. The van der Waals surface area contributed by atoms with Crippen LogP contribution in [0.4, 0.5) is 0 Å². The first kappa shape index (κ1) is 11.1. The van der Waals surface area contributed by atoms with Crippen LogP contribution in [0.3, 0.4) is 0 Å². The third-order valence-corrected chi connectivity index (χ3v) is 2.13. The minimum atomic E-state index is -0.829. The lowest BCUT2D eigenvalue weighted by molar-refractivity contribution is -0.137. The van der Waals surface area contributed by atoms with E-state index in [1.807, 2.05) is 0 Å². The summed E-state index contributed by atoms with van der Waals surface area (Å²) in [5, 5.41) is 27.2. The Morgan fingerprint density at radius 1 is 1.41 bits per heavy atom. The molecule has 0 saturated heterocycles. The Hall–Kier alpha value is -2.38. The second-order valence-corrected chi connectivity index (χ2v) is 3.35. The lowest BCUT2D eigenvalue weighted by Gasteiger charge is -2.02. The summed E-state index contributed by atoms with van der Waals surface area (Å²) in [7, 11) is 0. The van der Waals surface area contributed by atoms with Gasteiger partial charge in [0.25, 0.3) is 0 Å². The highest BCUT2D eigenvalue weighted by Crippen LogP contribution is 2.13. The molecule has 0 atom stereocenters. The molecule has 0 fully saturated rings. The number of carboxylic acid groups (broad SMARTS) is 1. The molecule has 17 heavy (non-hydrogen) atoms. The van der Waals surface area contributed by atoms with Gasteiger partial charge in [-0.15, -0.1) is 5.10 Å². The summed E-state index contributed by atoms with van der Waals surface area (Å²) in [6.45, 7) is 0.455. The molecule has 2 rings (SSSR count). The van der Waals surface area contributed by atoms with Crippen molar-refractivity contribution in [1.29, 1.82) is 0 Å². The highest BCUT2D eigenvalue weighted by Gasteiger charge is 2.09. The van der Waals surface area contributed by atoms with E-state index in [0.29, 0.717) is 18.8 Å². The van der Waals surface area contributed by atoms with Gasteiger partial charge in [0.15, 0.2) is 5.82 Å². The van der Waals surface area contributed by atoms with Gasteiger partial charge in [0, 0.05) is 18.5 Å². The van der Waals surface area contributed by atoms with Gasteiger partial charge < -0.3 is 5.11 Å². The van der Waals surface area contributed by atoms with Gasteiger partial charge in [0.1, 0.15) is 0 Å². The van der Waals surface area contributed by atoms with Crippen LogP contribution in [0.1, 0.15) is 12.8 Å². The summed E-state index contributed by atoms with van der Waals surface area (Å²) in [5.74, 6) is -0.268. The van der Waals surface area contributed by atoms with Crippen molar-refractivity contribution in [2.45, 2.75) is 19.4 Å². The van der Waals surface area contributed by atoms with Crippen LogP contribution in [0.2, 0.25) is 0 Å². The van der Waals surface area contributed by atoms with Crippen LogP contribution in [-0.2, 0) is 11.3 Å². The number of aliphatic carboxylic acids is 1. The Balaban J connectivity index is 2.10. The quantitative estimate of drug-likeness (QED) is 0.775. The monoisotopic (exact) mass is 234 g/mol. The fraction of sp³-hybridized carbons (Fsp3) is 0.333. The molecule has 0 aliphatic heterocycles. The Labute approximate surface area is 96.3 Å². The number of carboxylic acids is 1. The van der Waals surface area contributed by atoms with Crippen molar-refractivity contribution < 1.29 is 9.90 Å². The molecule has 8 nitrogen and oxygen atoms in total. The van der Waals surface area contributed by atoms with Crippen molar-refractivity contribution in [3.05, 3.63) is 18.5 Å². The van der Waals surface area contributed by atoms with Gasteiger partial charge in [-0.25, -0.2) is 4.68 Å². The van der Waals surface area contributed by atoms with Crippen molar-refractivity contribution in [1.82, 2.24) is 30.4 Å². The van der Waals surface area contributed by atoms with Crippen LogP contribution in [0, 0.1) is 0 Å². The van der Waals surface area contributed by atoms with E-state index in [1.165, 1.54) is 0 Å². The third kappa shape index (κ3) is 2.80. The molecule has 0 saturated carbocycles. The number of tetrazole rings is 1. The number of hydrogen-bond acceptors (Lipinski definition) is 6. The highest BCUT2D eigenvalue weighted by molar-refractivity contribution is 5.66. The maximum atomic E-state index is 10.4. The molecule has 8 heteroatoms. The predicted octanol–water partition coefficient (Wildman–Crippen LogP) is -0.00510. The average Bonchev–Trinajstić information content (AvgIpc) is 2.78. The minimum Gasteiger partial charge on any atom is -0.481 e. The molecule has 2 aromatic heterocycles. The predicted molar refractivity (Wildman–Crippen MR) is 55.7 cm³/mol. The summed E-state index contributed by atoms with van der Waals surface area (Å²) in [4.78, 5) is 10.4. The number of carbonyl (C=O) groups is 1. The normalized spacial score (nSPS) is 10.4. The van der Waals surface area contributed by atoms with E-state index in [0.717, 1.165) is 5.56 Å². The van der Waals surface area contributed by atoms with Gasteiger partial charge in [-0.1, -0.05) is 0 Å². The molecule has 2 heterocycles. The van der Waals surface area contributed by atoms with Gasteiger partial charge in [-0.3, -0.25) is 4.79 Å². The summed E-state index contributed by atoms with van der Waals surface area (Å²) in [6, 6.07) is 1.74. The maximum absolute atomic E-state index is 10.4. The van der Waals surface area contributed by atoms with E-state index in [2.05, 4.69) is 25.7 Å². The average molecular weight is 234 g/mol. The van der Waals surface area contributed by atoms with Crippen molar-refractivity contribution in [2.24, 2.45) is 0 Å². The lowest BCUT2D eigenvalue weighted by atomic mass is 10.3. The third-order valence-electron chi connectivity index (χ3n) is 2.13. The molecule has 1 N–H and O–H groups in total. The summed E-state index contributed by atoms with van der Waals surface area (Å²) in [5.41, 5.74) is 0.750. The topological polar surface area (TPSA) is 107 Å².